The zero-order chi connectivity index (χ0) is 14.8. The number of thiophene rings is 1. The van der Waals surface area contributed by atoms with Gasteiger partial charge in [-0.05, 0) is 63.7 Å². The highest BCUT2D eigenvalue weighted by molar-refractivity contribution is 9.13. The molecule has 114 valence electrons. The molecule has 3 nitrogen and oxygen atoms in total. The molecule has 1 N–H and O–H groups in total. The Morgan fingerprint density at radius 1 is 1.45 bits per heavy atom. The van der Waals surface area contributed by atoms with Crippen molar-refractivity contribution in [2.75, 3.05) is 12.3 Å². The van der Waals surface area contributed by atoms with E-state index in [1.165, 1.54) is 0 Å². The van der Waals surface area contributed by atoms with Crippen LogP contribution in [0.2, 0.25) is 0 Å². The number of sulfone groups is 1. The molecule has 2 unspecified atom stereocenters. The molecule has 0 saturated carbocycles. The van der Waals surface area contributed by atoms with E-state index in [1.54, 1.807) is 11.3 Å². The monoisotopic (exact) mass is 443 g/mol. The van der Waals surface area contributed by atoms with Gasteiger partial charge in [-0.15, -0.1) is 11.3 Å². The Labute approximate surface area is 141 Å². The highest BCUT2D eigenvalue weighted by Gasteiger charge is 2.37. The summed E-state index contributed by atoms with van der Waals surface area (Å²) >= 11 is 8.60. The molecule has 7 heteroatoms. The van der Waals surface area contributed by atoms with Crippen molar-refractivity contribution in [2.24, 2.45) is 0 Å². The molecule has 20 heavy (non-hydrogen) atoms. The number of halogens is 2. The highest BCUT2D eigenvalue weighted by Crippen LogP contribution is 2.39. The van der Waals surface area contributed by atoms with Crippen LogP contribution in [0.15, 0.2) is 14.3 Å². The van der Waals surface area contributed by atoms with Crippen molar-refractivity contribution in [1.29, 1.82) is 0 Å². The molecule has 2 rings (SSSR count). The van der Waals surface area contributed by atoms with E-state index in [0.29, 0.717) is 5.75 Å². The van der Waals surface area contributed by atoms with Gasteiger partial charge in [-0.2, -0.15) is 0 Å². The molecule has 1 fully saturated rings. The van der Waals surface area contributed by atoms with Crippen molar-refractivity contribution in [2.45, 2.75) is 43.9 Å². The molecule has 1 aliphatic rings. The first-order valence-electron chi connectivity index (χ1n) is 6.85. The minimum atomic E-state index is -2.99. The molecule has 2 atom stereocenters. The molecule has 1 aromatic heterocycles. The zero-order valence-corrected chi connectivity index (χ0v) is 16.2. The highest BCUT2D eigenvalue weighted by atomic mass is 79.9. The van der Waals surface area contributed by atoms with Crippen LogP contribution >= 0.6 is 43.2 Å². The van der Waals surface area contributed by atoms with Gasteiger partial charge in [-0.1, -0.05) is 13.3 Å². The van der Waals surface area contributed by atoms with Crippen LogP contribution in [0.4, 0.5) is 0 Å². The fourth-order valence-electron chi connectivity index (χ4n) is 2.59. The third kappa shape index (κ3) is 3.85. The summed E-state index contributed by atoms with van der Waals surface area (Å²) < 4.78 is 26.8. The Bertz CT molecular complexity index is 537. The van der Waals surface area contributed by atoms with Crippen LogP contribution in [0.3, 0.4) is 0 Å². The van der Waals surface area contributed by atoms with Gasteiger partial charge in [-0.3, -0.25) is 0 Å². The molecule has 0 bridgehead atoms. The summed E-state index contributed by atoms with van der Waals surface area (Å²) in [5.41, 5.74) is 0. The number of hydrogen-bond donors (Lipinski definition) is 1. The van der Waals surface area contributed by atoms with Gasteiger partial charge >= 0.3 is 0 Å². The molecule has 0 aromatic carbocycles. The Morgan fingerprint density at radius 2 is 2.20 bits per heavy atom. The fraction of sp³-hybridized carbons (Fsp3) is 0.692. The van der Waals surface area contributed by atoms with Crippen LogP contribution in [0.5, 0.6) is 0 Å². The van der Waals surface area contributed by atoms with Gasteiger partial charge in [0.25, 0.3) is 0 Å². The smallest absolute Gasteiger partial charge is 0.155 e. The van der Waals surface area contributed by atoms with E-state index in [0.717, 1.165) is 45.4 Å². The van der Waals surface area contributed by atoms with Gasteiger partial charge in [-0.25, -0.2) is 8.42 Å². The SMILES string of the molecule is CCCNC(c1cc(Br)c(Br)s1)C1CCCCS1(=O)=O. The molecule has 1 aromatic rings. The molecular weight excluding hydrogens is 426 g/mol. The van der Waals surface area contributed by atoms with Gasteiger partial charge in [0.15, 0.2) is 9.84 Å². The van der Waals surface area contributed by atoms with Crippen LogP contribution in [0.25, 0.3) is 0 Å². The quantitative estimate of drug-likeness (QED) is 0.736. The Hall–Kier alpha value is 0.570. The molecule has 0 spiro atoms. The second-order valence-corrected chi connectivity index (χ2v) is 10.7. The lowest BCUT2D eigenvalue weighted by Crippen LogP contribution is -2.40. The van der Waals surface area contributed by atoms with E-state index in [2.05, 4.69) is 44.1 Å². The summed E-state index contributed by atoms with van der Waals surface area (Å²) in [6.45, 7) is 2.93. The average Bonchev–Trinajstić information content (AvgIpc) is 2.71. The lowest BCUT2D eigenvalue weighted by molar-refractivity contribution is 0.451. The first-order valence-corrected chi connectivity index (χ1v) is 11.0. The first-order chi connectivity index (χ1) is 9.45. The lowest BCUT2D eigenvalue weighted by Gasteiger charge is -2.30. The summed E-state index contributed by atoms with van der Waals surface area (Å²) in [6, 6.07) is 1.94. The molecular formula is C13H19Br2NO2S2. The minimum Gasteiger partial charge on any atom is -0.308 e. The lowest BCUT2D eigenvalue weighted by atomic mass is 10.1. The summed E-state index contributed by atoms with van der Waals surface area (Å²) in [6.07, 6.45) is 3.56. The van der Waals surface area contributed by atoms with Crippen LogP contribution in [-0.2, 0) is 9.84 Å². The van der Waals surface area contributed by atoms with Gasteiger partial charge < -0.3 is 5.32 Å². The molecule has 1 aliphatic heterocycles. The number of rotatable bonds is 5. The van der Waals surface area contributed by atoms with E-state index >= 15 is 0 Å². The van der Waals surface area contributed by atoms with Crippen molar-refractivity contribution >= 4 is 53.0 Å². The Balaban J connectivity index is 2.31. The van der Waals surface area contributed by atoms with E-state index in [9.17, 15) is 8.42 Å². The van der Waals surface area contributed by atoms with Crippen LogP contribution < -0.4 is 5.32 Å². The fourth-order valence-corrected chi connectivity index (χ4v) is 6.99. The number of hydrogen-bond acceptors (Lipinski definition) is 4. The maximum absolute atomic E-state index is 12.4. The van der Waals surface area contributed by atoms with Crippen molar-refractivity contribution in [1.82, 2.24) is 5.32 Å². The molecule has 0 radical (unpaired) electrons. The Kier molecular flexibility index (Phi) is 6.11. The average molecular weight is 445 g/mol. The van der Waals surface area contributed by atoms with E-state index < -0.39 is 9.84 Å². The zero-order valence-electron chi connectivity index (χ0n) is 11.4. The summed E-state index contributed by atoms with van der Waals surface area (Å²) in [7, 11) is -2.99. The largest absolute Gasteiger partial charge is 0.308 e. The molecule has 0 amide bonds. The van der Waals surface area contributed by atoms with Crippen LogP contribution in [-0.4, -0.2) is 26.0 Å². The third-order valence-corrected chi connectivity index (χ3v) is 9.21. The van der Waals surface area contributed by atoms with E-state index in [-0.39, 0.29) is 11.3 Å². The molecule has 2 heterocycles. The van der Waals surface area contributed by atoms with Gasteiger partial charge in [0, 0.05) is 9.35 Å². The van der Waals surface area contributed by atoms with Gasteiger partial charge in [0.2, 0.25) is 0 Å². The topological polar surface area (TPSA) is 46.2 Å². The maximum atomic E-state index is 12.4. The third-order valence-electron chi connectivity index (χ3n) is 3.59. The summed E-state index contributed by atoms with van der Waals surface area (Å²) in [4.78, 5) is 1.09. The Morgan fingerprint density at radius 3 is 2.75 bits per heavy atom. The van der Waals surface area contributed by atoms with Crippen molar-refractivity contribution in [3.63, 3.8) is 0 Å². The van der Waals surface area contributed by atoms with E-state index in [1.807, 2.05) is 6.07 Å². The summed E-state index contributed by atoms with van der Waals surface area (Å²) in [5.74, 6) is 0.329. The second-order valence-electron chi connectivity index (χ2n) is 5.10. The second kappa shape index (κ2) is 7.22. The van der Waals surface area contributed by atoms with Crippen molar-refractivity contribution in [3.05, 3.63) is 19.2 Å². The van der Waals surface area contributed by atoms with Gasteiger partial charge in [0.05, 0.1) is 20.8 Å². The minimum absolute atomic E-state index is 0.0900. The molecule has 0 aliphatic carbocycles. The first kappa shape index (κ1) is 16.9. The van der Waals surface area contributed by atoms with Gasteiger partial charge in [0.1, 0.15) is 0 Å². The molecule has 1 saturated heterocycles. The van der Waals surface area contributed by atoms with Crippen LogP contribution in [0, 0.1) is 0 Å². The summed E-state index contributed by atoms with van der Waals surface area (Å²) in [5, 5.41) is 3.15. The standard InChI is InChI=1S/C13H19Br2NO2S2/c1-2-6-16-12(10-8-9(14)13(15)19-10)11-5-3-4-7-20(11,17)18/h8,11-12,16H,2-7H2,1H3. The van der Waals surface area contributed by atoms with E-state index in [4.69, 9.17) is 0 Å². The number of nitrogens with one attached hydrogen (secondary N) is 1. The van der Waals surface area contributed by atoms with Crippen LogP contribution in [0.1, 0.15) is 43.5 Å². The maximum Gasteiger partial charge on any atom is 0.155 e. The predicted octanol–water partition coefficient (Wildman–Crippen LogP) is 4.28. The normalized spacial score (nSPS) is 23.6. The van der Waals surface area contributed by atoms with Crippen molar-refractivity contribution in [3.8, 4) is 0 Å². The van der Waals surface area contributed by atoms with Crippen molar-refractivity contribution < 1.29 is 8.42 Å². The predicted molar refractivity (Wildman–Crippen MR) is 92.2 cm³/mol.